The topological polar surface area (TPSA) is 114 Å². The monoisotopic (exact) mass is 383 g/mol. The van der Waals surface area contributed by atoms with E-state index >= 15 is 0 Å². The molecule has 0 aliphatic heterocycles. The van der Waals surface area contributed by atoms with Crippen molar-refractivity contribution in [2.75, 3.05) is 25.4 Å². The van der Waals surface area contributed by atoms with Crippen molar-refractivity contribution >= 4 is 11.6 Å². The number of nitrogens with zero attached hydrogens (tertiary/aromatic N) is 4. The predicted octanol–water partition coefficient (Wildman–Crippen LogP) is 0.842. The molecule has 0 saturated heterocycles. The molecule has 0 aliphatic rings. The fourth-order valence-electron chi connectivity index (χ4n) is 2.98. The minimum Gasteiger partial charge on any atom is -0.384 e. The summed E-state index contributed by atoms with van der Waals surface area (Å²) in [5, 5.41) is 8.99. The Morgan fingerprint density at radius 2 is 1.93 bits per heavy atom. The Morgan fingerprint density at radius 1 is 1.29 bits per heavy atom. The van der Waals surface area contributed by atoms with Gasteiger partial charge in [-0.25, -0.2) is 4.79 Å². The minimum atomic E-state index is -0.707. The molecule has 2 N–H and O–H groups in total. The summed E-state index contributed by atoms with van der Waals surface area (Å²) in [6.45, 7) is 4.69. The highest BCUT2D eigenvalue weighted by molar-refractivity contribution is 6.01. The molecule has 1 heterocycles. The second kappa shape index (κ2) is 9.15. The third kappa shape index (κ3) is 4.56. The molecular formula is C20H25N5O3. The Labute approximate surface area is 163 Å². The molecule has 2 aromatic rings. The zero-order chi connectivity index (χ0) is 20.8. The molecule has 1 aromatic heterocycles. The number of aromatic nitrogens is 2. The molecule has 0 bridgehead atoms. The second-order valence-corrected chi connectivity index (χ2v) is 6.76. The van der Waals surface area contributed by atoms with Gasteiger partial charge in [0.05, 0.1) is 25.1 Å². The van der Waals surface area contributed by atoms with Gasteiger partial charge >= 0.3 is 5.69 Å². The van der Waals surface area contributed by atoms with E-state index in [4.69, 9.17) is 11.0 Å². The highest BCUT2D eigenvalue weighted by atomic mass is 16.2. The van der Waals surface area contributed by atoms with Gasteiger partial charge in [-0.05, 0) is 19.0 Å². The lowest BCUT2D eigenvalue weighted by Crippen LogP contribution is -2.44. The first-order valence-corrected chi connectivity index (χ1v) is 9.08. The highest BCUT2D eigenvalue weighted by Crippen LogP contribution is 2.10. The summed E-state index contributed by atoms with van der Waals surface area (Å²) in [4.78, 5) is 39.8. The lowest BCUT2D eigenvalue weighted by molar-refractivity contribution is 0.0927. The Bertz CT molecular complexity index is 1000. The number of nitrogen functional groups attached to an aromatic ring is 1. The number of likely N-dealkylation sites (N-methyl/N-ethyl adjacent to an activating group) is 1. The number of Topliss-reactive ketones (excluding diaryl/α,β-unsaturated/α-hetero) is 1. The van der Waals surface area contributed by atoms with Crippen LogP contribution in [0.15, 0.2) is 39.9 Å². The maximum atomic E-state index is 12.9. The van der Waals surface area contributed by atoms with Crippen LogP contribution in [0.1, 0.15) is 29.8 Å². The SMILES string of the molecule is CCN(CC(=O)c1c(N)n(Cc2ccccc2)c(=O)n(C)c1=O)CC(C)C#N. The Kier molecular flexibility index (Phi) is 6.90. The van der Waals surface area contributed by atoms with Crippen LogP contribution in [0, 0.1) is 17.2 Å². The molecule has 0 saturated carbocycles. The van der Waals surface area contributed by atoms with Crippen LogP contribution in [-0.2, 0) is 13.6 Å². The van der Waals surface area contributed by atoms with Gasteiger partial charge in [-0.3, -0.25) is 23.6 Å². The van der Waals surface area contributed by atoms with Gasteiger partial charge < -0.3 is 5.73 Å². The number of benzene rings is 1. The van der Waals surface area contributed by atoms with Crippen LogP contribution in [0.4, 0.5) is 5.82 Å². The van der Waals surface area contributed by atoms with Gasteiger partial charge in [0.25, 0.3) is 5.56 Å². The van der Waals surface area contributed by atoms with Crippen LogP contribution in [0.2, 0.25) is 0 Å². The minimum absolute atomic E-state index is 0.0501. The molecule has 2 rings (SSSR count). The van der Waals surface area contributed by atoms with Crippen molar-refractivity contribution < 1.29 is 4.79 Å². The molecule has 1 aromatic carbocycles. The van der Waals surface area contributed by atoms with Gasteiger partial charge in [-0.2, -0.15) is 5.26 Å². The van der Waals surface area contributed by atoms with E-state index in [2.05, 4.69) is 6.07 Å². The summed E-state index contributed by atoms with van der Waals surface area (Å²) in [7, 11) is 1.33. The fraction of sp³-hybridized carbons (Fsp3) is 0.400. The fourth-order valence-corrected chi connectivity index (χ4v) is 2.98. The smallest absolute Gasteiger partial charge is 0.332 e. The van der Waals surface area contributed by atoms with Crippen LogP contribution < -0.4 is 17.0 Å². The van der Waals surface area contributed by atoms with Crippen molar-refractivity contribution in [3.05, 3.63) is 62.3 Å². The zero-order valence-electron chi connectivity index (χ0n) is 16.4. The van der Waals surface area contributed by atoms with E-state index in [1.165, 1.54) is 11.6 Å². The quantitative estimate of drug-likeness (QED) is 0.676. The molecule has 0 amide bonds. The number of hydrogen-bond donors (Lipinski definition) is 1. The van der Waals surface area contributed by atoms with Crippen molar-refractivity contribution in [1.82, 2.24) is 14.0 Å². The average molecular weight is 383 g/mol. The van der Waals surface area contributed by atoms with Gasteiger partial charge in [0.15, 0.2) is 5.78 Å². The first kappa shape index (κ1) is 21.1. The Morgan fingerprint density at radius 3 is 2.50 bits per heavy atom. The number of rotatable bonds is 8. The van der Waals surface area contributed by atoms with Crippen molar-refractivity contribution in [2.24, 2.45) is 13.0 Å². The molecule has 8 nitrogen and oxygen atoms in total. The Hall–Kier alpha value is -3.18. The van der Waals surface area contributed by atoms with Gasteiger partial charge in [0.1, 0.15) is 11.4 Å². The van der Waals surface area contributed by atoms with Crippen molar-refractivity contribution in [3.63, 3.8) is 0 Å². The summed E-state index contributed by atoms with van der Waals surface area (Å²) in [5.41, 5.74) is 5.45. The summed E-state index contributed by atoms with van der Waals surface area (Å²) >= 11 is 0. The molecule has 28 heavy (non-hydrogen) atoms. The number of carbonyl (C=O) groups excluding carboxylic acids is 1. The van der Waals surface area contributed by atoms with Gasteiger partial charge in [-0.1, -0.05) is 37.3 Å². The summed E-state index contributed by atoms with van der Waals surface area (Å²) in [6, 6.07) is 11.3. The van der Waals surface area contributed by atoms with E-state index in [0.717, 1.165) is 10.1 Å². The molecule has 0 spiro atoms. The molecule has 1 unspecified atom stereocenters. The largest absolute Gasteiger partial charge is 0.384 e. The number of nitriles is 1. The van der Waals surface area contributed by atoms with E-state index in [1.54, 1.807) is 11.8 Å². The van der Waals surface area contributed by atoms with Crippen molar-refractivity contribution in [1.29, 1.82) is 5.26 Å². The second-order valence-electron chi connectivity index (χ2n) is 6.76. The third-order valence-electron chi connectivity index (χ3n) is 4.61. The van der Waals surface area contributed by atoms with Crippen LogP contribution in [-0.4, -0.2) is 39.5 Å². The van der Waals surface area contributed by atoms with E-state index in [9.17, 15) is 14.4 Å². The van der Waals surface area contributed by atoms with Gasteiger partial charge in [0.2, 0.25) is 0 Å². The predicted molar refractivity (Wildman–Crippen MR) is 107 cm³/mol. The molecule has 0 aliphatic carbocycles. The molecule has 8 heteroatoms. The number of ketones is 1. The van der Waals surface area contributed by atoms with E-state index in [1.807, 2.05) is 37.3 Å². The third-order valence-corrected chi connectivity index (χ3v) is 4.61. The maximum absolute atomic E-state index is 12.9. The standard InChI is InChI=1S/C20H25N5O3/c1-4-24(11-14(2)10-21)13-16(26)17-18(22)25(20(28)23(3)19(17)27)12-15-8-6-5-7-9-15/h5-9,14H,4,11-13,22H2,1-3H3. The van der Waals surface area contributed by atoms with E-state index in [0.29, 0.717) is 13.1 Å². The average Bonchev–Trinajstić information content (AvgIpc) is 2.69. The zero-order valence-corrected chi connectivity index (χ0v) is 16.4. The molecule has 1 atom stereocenters. The number of carbonyl (C=O) groups is 1. The van der Waals surface area contributed by atoms with E-state index < -0.39 is 17.0 Å². The van der Waals surface area contributed by atoms with Crippen LogP contribution in [0.3, 0.4) is 0 Å². The van der Waals surface area contributed by atoms with Crippen molar-refractivity contribution in [3.8, 4) is 6.07 Å². The van der Waals surface area contributed by atoms with Gasteiger partial charge in [-0.15, -0.1) is 0 Å². The first-order valence-electron chi connectivity index (χ1n) is 9.08. The molecule has 148 valence electrons. The lowest BCUT2D eigenvalue weighted by atomic mass is 10.1. The molecule has 0 radical (unpaired) electrons. The number of anilines is 1. The number of nitrogens with two attached hydrogens (primary N) is 1. The summed E-state index contributed by atoms with van der Waals surface area (Å²) < 4.78 is 2.14. The summed E-state index contributed by atoms with van der Waals surface area (Å²) in [6.07, 6.45) is 0. The first-order chi connectivity index (χ1) is 13.3. The summed E-state index contributed by atoms with van der Waals surface area (Å²) in [5.74, 6) is -0.849. The molecule has 0 fully saturated rings. The van der Waals surface area contributed by atoms with Crippen LogP contribution >= 0.6 is 0 Å². The van der Waals surface area contributed by atoms with Crippen molar-refractivity contribution in [2.45, 2.75) is 20.4 Å². The normalized spacial score (nSPS) is 12.0. The maximum Gasteiger partial charge on any atom is 0.332 e. The lowest BCUT2D eigenvalue weighted by Gasteiger charge is -2.21. The Balaban J connectivity index is 2.44. The van der Waals surface area contributed by atoms with Gasteiger partial charge in [0, 0.05) is 13.6 Å². The van der Waals surface area contributed by atoms with Crippen LogP contribution in [0.5, 0.6) is 0 Å². The highest BCUT2D eigenvalue weighted by Gasteiger charge is 2.23. The van der Waals surface area contributed by atoms with E-state index in [-0.39, 0.29) is 30.4 Å². The molecular weight excluding hydrogens is 358 g/mol. The number of hydrogen-bond acceptors (Lipinski definition) is 6. The van der Waals surface area contributed by atoms with Crippen LogP contribution in [0.25, 0.3) is 0 Å².